The zero-order valence-electron chi connectivity index (χ0n) is 11.8. The van der Waals surface area contributed by atoms with Crippen molar-refractivity contribution >= 4 is 11.4 Å². The molecule has 0 radical (unpaired) electrons. The second kappa shape index (κ2) is 6.07. The van der Waals surface area contributed by atoms with Crippen LogP contribution in [0.1, 0.15) is 33.1 Å². The second-order valence-electron chi connectivity index (χ2n) is 5.60. The highest BCUT2D eigenvalue weighted by Gasteiger charge is 2.19. The van der Waals surface area contributed by atoms with Gasteiger partial charge in [-0.2, -0.15) is 0 Å². The van der Waals surface area contributed by atoms with Crippen LogP contribution in [-0.4, -0.2) is 25.1 Å². The molecule has 1 aromatic heterocycles. The van der Waals surface area contributed by atoms with Gasteiger partial charge in [-0.15, -0.1) is 0 Å². The summed E-state index contributed by atoms with van der Waals surface area (Å²) in [4.78, 5) is 6.79. The summed E-state index contributed by atoms with van der Waals surface area (Å²) >= 11 is 0. The van der Waals surface area contributed by atoms with E-state index in [2.05, 4.69) is 35.1 Å². The van der Waals surface area contributed by atoms with Crippen molar-refractivity contribution in [3.63, 3.8) is 0 Å². The number of hydrogen-bond acceptors (Lipinski definition) is 3. The van der Waals surface area contributed by atoms with Crippen LogP contribution in [0.4, 0.5) is 11.4 Å². The third kappa shape index (κ3) is 3.15. The molecule has 0 aromatic carbocycles. The molecular weight excluding hydrogens is 222 g/mol. The monoisotopic (exact) mass is 247 g/mol. The molecule has 0 bridgehead atoms. The lowest BCUT2D eigenvalue weighted by Gasteiger charge is -2.23. The van der Waals surface area contributed by atoms with Crippen LogP contribution in [0.25, 0.3) is 0 Å². The van der Waals surface area contributed by atoms with Crippen LogP contribution in [0.5, 0.6) is 0 Å². The molecule has 0 spiro atoms. The first kappa shape index (κ1) is 13.2. The van der Waals surface area contributed by atoms with Crippen LogP contribution in [0.2, 0.25) is 0 Å². The molecule has 1 aromatic rings. The maximum absolute atomic E-state index is 4.31. The zero-order valence-corrected chi connectivity index (χ0v) is 11.8. The maximum Gasteiger partial charge on any atom is 0.0573 e. The van der Waals surface area contributed by atoms with Gasteiger partial charge in [0.15, 0.2) is 0 Å². The Balaban J connectivity index is 2.04. The number of hydrogen-bond donors (Lipinski definition) is 1. The van der Waals surface area contributed by atoms with Gasteiger partial charge in [0.2, 0.25) is 0 Å². The quantitative estimate of drug-likeness (QED) is 0.887. The van der Waals surface area contributed by atoms with Crippen LogP contribution >= 0.6 is 0 Å². The first-order valence-corrected chi connectivity index (χ1v) is 7.08. The van der Waals surface area contributed by atoms with E-state index in [-0.39, 0.29) is 0 Å². The first-order chi connectivity index (χ1) is 8.70. The molecule has 3 nitrogen and oxygen atoms in total. The van der Waals surface area contributed by atoms with Crippen molar-refractivity contribution in [2.45, 2.75) is 33.1 Å². The first-order valence-electron chi connectivity index (χ1n) is 7.08. The van der Waals surface area contributed by atoms with Gasteiger partial charge in [-0.1, -0.05) is 13.8 Å². The van der Waals surface area contributed by atoms with Gasteiger partial charge in [-0.05, 0) is 37.2 Å². The Morgan fingerprint density at radius 2 is 2.11 bits per heavy atom. The molecule has 100 valence electrons. The highest BCUT2D eigenvalue weighted by atomic mass is 15.1. The summed E-state index contributed by atoms with van der Waals surface area (Å²) < 4.78 is 0. The Morgan fingerprint density at radius 3 is 2.83 bits per heavy atom. The van der Waals surface area contributed by atoms with Gasteiger partial charge in [0.05, 0.1) is 23.8 Å². The van der Waals surface area contributed by atoms with Gasteiger partial charge in [-0.3, -0.25) is 4.98 Å². The normalized spacial score (nSPS) is 20.9. The molecule has 2 heterocycles. The van der Waals surface area contributed by atoms with Crippen molar-refractivity contribution < 1.29 is 0 Å². The Hall–Kier alpha value is -1.25. The number of anilines is 2. The SMILES string of the molecule is CNc1cncc(N2CCCC(C(C)C)CC2)c1. The van der Waals surface area contributed by atoms with E-state index in [0.717, 1.165) is 30.6 Å². The Labute approximate surface area is 111 Å². The number of aromatic nitrogens is 1. The molecule has 1 aliphatic heterocycles. The van der Waals surface area contributed by atoms with Crippen LogP contribution in [-0.2, 0) is 0 Å². The van der Waals surface area contributed by atoms with Gasteiger partial charge in [0, 0.05) is 20.1 Å². The fourth-order valence-corrected chi connectivity index (χ4v) is 2.78. The molecule has 1 fully saturated rings. The summed E-state index contributed by atoms with van der Waals surface area (Å²) in [6, 6.07) is 2.20. The van der Waals surface area contributed by atoms with E-state index < -0.39 is 0 Å². The smallest absolute Gasteiger partial charge is 0.0573 e. The lowest BCUT2D eigenvalue weighted by Crippen LogP contribution is -2.24. The summed E-state index contributed by atoms with van der Waals surface area (Å²) in [5, 5.41) is 3.16. The van der Waals surface area contributed by atoms with Crippen molar-refractivity contribution in [3.05, 3.63) is 18.5 Å². The van der Waals surface area contributed by atoms with E-state index in [1.54, 1.807) is 0 Å². The maximum atomic E-state index is 4.31. The molecule has 1 aliphatic rings. The predicted molar refractivity (Wildman–Crippen MR) is 78.2 cm³/mol. The molecule has 0 amide bonds. The standard InChI is InChI=1S/C15H25N3/c1-12(2)13-5-4-7-18(8-6-13)15-9-14(16-3)10-17-11-15/h9-13,16H,4-8H2,1-3H3. The van der Waals surface area contributed by atoms with Gasteiger partial charge < -0.3 is 10.2 Å². The second-order valence-corrected chi connectivity index (χ2v) is 5.60. The molecule has 1 unspecified atom stereocenters. The summed E-state index contributed by atoms with van der Waals surface area (Å²) in [5.41, 5.74) is 2.35. The van der Waals surface area contributed by atoms with E-state index in [4.69, 9.17) is 0 Å². The summed E-state index contributed by atoms with van der Waals surface area (Å²) in [7, 11) is 1.94. The minimum absolute atomic E-state index is 0.812. The topological polar surface area (TPSA) is 28.2 Å². The van der Waals surface area contributed by atoms with Crippen molar-refractivity contribution in [2.75, 3.05) is 30.4 Å². The molecule has 1 N–H and O–H groups in total. The number of pyridine rings is 1. The van der Waals surface area contributed by atoms with E-state index in [9.17, 15) is 0 Å². The molecule has 18 heavy (non-hydrogen) atoms. The molecule has 3 heteroatoms. The Morgan fingerprint density at radius 1 is 1.28 bits per heavy atom. The van der Waals surface area contributed by atoms with Gasteiger partial charge in [0.25, 0.3) is 0 Å². The Kier molecular flexibility index (Phi) is 4.45. The van der Waals surface area contributed by atoms with Crippen molar-refractivity contribution in [1.29, 1.82) is 0 Å². The van der Waals surface area contributed by atoms with E-state index in [1.807, 2.05) is 19.4 Å². The van der Waals surface area contributed by atoms with Crippen molar-refractivity contribution in [3.8, 4) is 0 Å². The highest BCUT2D eigenvalue weighted by Crippen LogP contribution is 2.27. The fourth-order valence-electron chi connectivity index (χ4n) is 2.78. The zero-order chi connectivity index (χ0) is 13.0. The fraction of sp³-hybridized carbons (Fsp3) is 0.667. The minimum Gasteiger partial charge on any atom is -0.387 e. The predicted octanol–water partition coefficient (Wildman–Crippen LogP) is 3.39. The molecular formula is C15H25N3. The number of nitrogens with one attached hydrogen (secondary N) is 1. The lowest BCUT2D eigenvalue weighted by molar-refractivity contribution is 0.351. The summed E-state index contributed by atoms with van der Waals surface area (Å²) in [6.07, 6.45) is 7.83. The average molecular weight is 247 g/mol. The van der Waals surface area contributed by atoms with Crippen LogP contribution in [0, 0.1) is 11.8 Å². The van der Waals surface area contributed by atoms with E-state index in [0.29, 0.717) is 0 Å². The van der Waals surface area contributed by atoms with E-state index in [1.165, 1.54) is 24.9 Å². The van der Waals surface area contributed by atoms with Gasteiger partial charge in [-0.25, -0.2) is 0 Å². The van der Waals surface area contributed by atoms with Crippen molar-refractivity contribution in [1.82, 2.24) is 4.98 Å². The molecule has 2 rings (SSSR count). The van der Waals surface area contributed by atoms with Crippen LogP contribution < -0.4 is 10.2 Å². The third-order valence-electron chi connectivity index (χ3n) is 4.09. The third-order valence-corrected chi connectivity index (χ3v) is 4.09. The lowest BCUT2D eigenvalue weighted by atomic mass is 9.89. The Bertz CT molecular complexity index is 376. The van der Waals surface area contributed by atoms with E-state index >= 15 is 0 Å². The summed E-state index contributed by atoms with van der Waals surface area (Å²) in [5.74, 6) is 1.70. The highest BCUT2D eigenvalue weighted by molar-refractivity contribution is 5.55. The minimum atomic E-state index is 0.812. The molecule has 1 atom stereocenters. The molecule has 1 saturated heterocycles. The van der Waals surface area contributed by atoms with Crippen LogP contribution in [0.15, 0.2) is 18.5 Å². The molecule has 0 aliphatic carbocycles. The van der Waals surface area contributed by atoms with Crippen molar-refractivity contribution in [2.24, 2.45) is 11.8 Å². The number of rotatable bonds is 3. The largest absolute Gasteiger partial charge is 0.387 e. The average Bonchev–Trinajstić information content (AvgIpc) is 2.64. The molecule has 0 saturated carbocycles. The summed E-state index contributed by atoms with van der Waals surface area (Å²) in [6.45, 7) is 7.03. The van der Waals surface area contributed by atoms with Crippen LogP contribution in [0.3, 0.4) is 0 Å². The van der Waals surface area contributed by atoms with Gasteiger partial charge >= 0.3 is 0 Å². The number of nitrogens with zero attached hydrogens (tertiary/aromatic N) is 2. The van der Waals surface area contributed by atoms with Gasteiger partial charge in [0.1, 0.15) is 0 Å².